The molecule has 0 aliphatic carbocycles. The van der Waals surface area contributed by atoms with Crippen LogP contribution in [-0.2, 0) is 9.53 Å². The van der Waals surface area contributed by atoms with Gasteiger partial charge in [0.25, 0.3) is 0 Å². The van der Waals surface area contributed by atoms with Crippen molar-refractivity contribution in [2.45, 2.75) is 264 Å². The van der Waals surface area contributed by atoms with Gasteiger partial charge in [0, 0.05) is 6.42 Å². The number of allylic oxidation sites excluding steroid dienone is 4. The highest BCUT2D eigenvalue weighted by Crippen LogP contribution is 2.16. The van der Waals surface area contributed by atoms with Crippen LogP contribution < -0.4 is 0 Å². The molecular formula is C47H90O2. The predicted octanol–water partition coefficient (Wildman–Crippen LogP) is 16.9. The third-order valence-electron chi connectivity index (χ3n) is 10.3. The molecule has 0 heterocycles. The molecule has 2 nitrogen and oxygen atoms in total. The lowest BCUT2D eigenvalue weighted by Crippen LogP contribution is -2.05. The van der Waals surface area contributed by atoms with Crippen LogP contribution in [0.25, 0.3) is 0 Å². The highest BCUT2D eigenvalue weighted by Gasteiger charge is 2.03. The van der Waals surface area contributed by atoms with Gasteiger partial charge in [-0.1, -0.05) is 237 Å². The summed E-state index contributed by atoms with van der Waals surface area (Å²) < 4.78 is 5.46. The Bertz CT molecular complexity index is 665. The first-order valence-electron chi connectivity index (χ1n) is 22.8. The predicted molar refractivity (Wildman–Crippen MR) is 221 cm³/mol. The van der Waals surface area contributed by atoms with Gasteiger partial charge < -0.3 is 4.74 Å². The fourth-order valence-corrected chi connectivity index (χ4v) is 6.93. The highest BCUT2D eigenvalue weighted by molar-refractivity contribution is 5.69. The van der Waals surface area contributed by atoms with E-state index in [0.717, 1.165) is 25.7 Å². The lowest BCUT2D eigenvalue weighted by atomic mass is 10.0. The summed E-state index contributed by atoms with van der Waals surface area (Å²) in [6.45, 7) is 5.18. The molecule has 0 spiro atoms. The lowest BCUT2D eigenvalue weighted by molar-refractivity contribution is -0.143. The molecule has 0 saturated carbocycles. The Balaban J connectivity index is 3.17. The number of hydrogen-bond donors (Lipinski definition) is 0. The van der Waals surface area contributed by atoms with E-state index in [2.05, 4.69) is 38.2 Å². The fourth-order valence-electron chi connectivity index (χ4n) is 6.93. The Morgan fingerprint density at radius 3 is 1.02 bits per heavy atom. The molecule has 0 aromatic rings. The highest BCUT2D eigenvalue weighted by atomic mass is 16.5. The smallest absolute Gasteiger partial charge is 0.305 e. The Labute approximate surface area is 309 Å². The standard InChI is InChI=1S/C47H90O2/c1-3-5-7-9-11-13-15-17-19-20-21-22-23-24-25-26-27-28-29-30-32-34-36-38-40-42-44-46-49-47(48)45-43-41-39-37-35-33-31-18-16-14-12-10-8-6-4-2/h12,14,18,31H,3-11,13,15-17,19-30,32-46H2,1-2H3/b14-12+,31-18+. The van der Waals surface area contributed by atoms with Crippen LogP contribution in [0.3, 0.4) is 0 Å². The second-order valence-electron chi connectivity index (χ2n) is 15.4. The van der Waals surface area contributed by atoms with Gasteiger partial charge in [0.1, 0.15) is 0 Å². The quantitative estimate of drug-likeness (QED) is 0.0363. The van der Waals surface area contributed by atoms with Crippen molar-refractivity contribution in [3.8, 4) is 0 Å². The summed E-state index contributed by atoms with van der Waals surface area (Å²) in [5, 5.41) is 0. The van der Waals surface area contributed by atoms with Gasteiger partial charge in [-0.15, -0.1) is 0 Å². The Morgan fingerprint density at radius 1 is 0.347 bits per heavy atom. The van der Waals surface area contributed by atoms with Crippen molar-refractivity contribution in [1.82, 2.24) is 0 Å². The average molecular weight is 687 g/mol. The third-order valence-corrected chi connectivity index (χ3v) is 10.3. The Morgan fingerprint density at radius 2 is 0.633 bits per heavy atom. The van der Waals surface area contributed by atoms with Crippen LogP contribution in [0.1, 0.15) is 264 Å². The molecule has 0 saturated heterocycles. The molecule has 0 aromatic carbocycles. The summed E-state index contributed by atoms with van der Waals surface area (Å²) in [6, 6.07) is 0. The van der Waals surface area contributed by atoms with E-state index in [0.29, 0.717) is 13.0 Å². The lowest BCUT2D eigenvalue weighted by Gasteiger charge is -2.06. The second kappa shape index (κ2) is 45.0. The molecule has 0 fully saturated rings. The van der Waals surface area contributed by atoms with E-state index in [-0.39, 0.29) is 5.97 Å². The number of unbranched alkanes of at least 4 members (excludes halogenated alkanes) is 34. The summed E-state index contributed by atoms with van der Waals surface area (Å²) in [6.07, 6.45) is 61.5. The van der Waals surface area contributed by atoms with E-state index in [1.54, 1.807) is 0 Å². The van der Waals surface area contributed by atoms with E-state index in [4.69, 9.17) is 4.74 Å². The van der Waals surface area contributed by atoms with Crippen molar-refractivity contribution in [3.63, 3.8) is 0 Å². The maximum atomic E-state index is 12.0. The van der Waals surface area contributed by atoms with Gasteiger partial charge in [-0.05, 0) is 44.9 Å². The van der Waals surface area contributed by atoms with Crippen molar-refractivity contribution in [1.29, 1.82) is 0 Å². The van der Waals surface area contributed by atoms with Gasteiger partial charge in [-0.25, -0.2) is 0 Å². The van der Waals surface area contributed by atoms with E-state index in [9.17, 15) is 4.79 Å². The molecule has 0 rings (SSSR count). The van der Waals surface area contributed by atoms with Crippen LogP contribution >= 0.6 is 0 Å². The summed E-state index contributed by atoms with van der Waals surface area (Å²) in [5.74, 6) is 0.0143. The van der Waals surface area contributed by atoms with Crippen molar-refractivity contribution in [3.05, 3.63) is 24.3 Å². The fraction of sp³-hybridized carbons (Fsp3) is 0.894. The zero-order valence-corrected chi connectivity index (χ0v) is 33.9. The number of carbonyl (C=O) groups is 1. The topological polar surface area (TPSA) is 26.3 Å². The molecule has 290 valence electrons. The minimum Gasteiger partial charge on any atom is -0.466 e. The Kier molecular flexibility index (Phi) is 44.0. The summed E-state index contributed by atoms with van der Waals surface area (Å²) in [7, 11) is 0. The van der Waals surface area contributed by atoms with E-state index >= 15 is 0 Å². The number of esters is 1. The van der Waals surface area contributed by atoms with Crippen molar-refractivity contribution in [2.24, 2.45) is 0 Å². The van der Waals surface area contributed by atoms with Crippen LogP contribution in [0.5, 0.6) is 0 Å². The average Bonchev–Trinajstić information content (AvgIpc) is 3.11. The zero-order chi connectivity index (χ0) is 35.4. The summed E-state index contributed by atoms with van der Waals surface area (Å²) in [4.78, 5) is 12.0. The molecule has 0 aliphatic rings. The second-order valence-corrected chi connectivity index (χ2v) is 15.4. The van der Waals surface area contributed by atoms with Gasteiger partial charge >= 0.3 is 5.97 Å². The van der Waals surface area contributed by atoms with Crippen LogP contribution in [0.2, 0.25) is 0 Å². The Hall–Kier alpha value is -1.05. The van der Waals surface area contributed by atoms with Crippen molar-refractivity contribution >= 4 is 5.97 Å². The number of rotatable bonds is 42. The van der Waals surface area contributed by atoms with Gasteiger partial charge in [-0.2, -0.15) is 0 Å². The van der Waals surface area contributed by atoms with Crippen molar-refractivity contribution in [2.75, 3.05) is 6.61 Å². The number of hydrogen-bond acceptors (Lipinski definition) is 2. The molecular weight excluding hydrogens is 597 g/mol. The van der Waals surface area contributed by atoms with Crippen LogP contribution in [0.15, 0.2) is 24.3 Å². The van der Waals surface area contributed by atoms with Crippen LogP contribution in [-0.4, -0.2) is 12.6 Å². The van der Waals surface area contributed by atoms with E-state index in [1.165, 1.54) is 218 Å². The first kappa shape index (κ1) is 48.0. The zero-order valence-electron chi connectivity index (χ0n) is 33.9. The number of carbonyl (C=O) groups excluding carboxylic acids is 1. The monoisotopic (exact) mass is 687 g/mol. The molecule has 0 bridgehead atoms. The number of ether oxygens (including phenoxy) is 1. The molecule has 0 N–H and O–H groups in total. The third kappa shape index (κ3) is 44.9. The van der Waals surface area contributed by atoms with Gasteiger partial charge in [0.2, 0.25) is 0 Å². The molecule has 0 radical (unpaired) electrons. The molecule has 0 aromatic heterocycles. The van der Waals surface area contributed by atoms with Gasteiger partial charge in [0.15, 0.2) is 0 Å². The van der Waals surface area contributed by atoms with Gasteiger partial charge in [0.05, 0.1) is 6.61 Å². The van der Waals surface area contributed by atoms with Crippen molar-refractivity contribution < 1.29 is 9.53 Å². The largest absolute Gasteiger partial charge is 0.466 e. The van der Waals surface area contributed by atoms with E-state index in [1.807, 2.05) is 0 Å². The first-order valence-corrected chi connectivity index (χ1v) is 22.8. The minimum absolute atomic E-state index is 0.0143. The maximum absolute atomic E-state index is 12.0. The normalized spacial score (nSPS) is 11.8. The summed E-state index contributed by atoms with van der Waals surface area (Å²) >= 11 is 0. The van der Waals surface area contributed by atoms with E-state index < -0.39 is 0 Å². The first-order chi connectivity index (χ1) is 24.3. The molecule has 0 unspecified atom stereocenters. The molecule has 0 atom stereocenters. The molecule has 2 heteroatoms. The van der Waals surface area contributed by atoms with Crippen LogP contribution in [0.4, 0.5) is 0 Å². The minimum atomic E-state index is 0.0143. The summed E-state index contributed by atoms with van der Waals surface area (Å²) in [5.41, 5.74) is 0. The molecule has 0 amide bonds. The SMILES string of the molecule is CCCCC/C=C/C/C=C/CCCCCCCC(=O)OCCCCCCCCCCCCCCCCCCCCCCCCCCCCC. The maximum Gasteiger partial charge on any atom is 0.305 e. The van der Waals surface area contributed by atoms with Crippen LogP contribution in [0, 0.1) is 0 Å². The molecule has 49 heavy (non-hydrogen) atoms. The van der Waals surface area contributed by atoms with Gasteiger partial charge in [-0.3, -0.25) is 4.79 Å². The molecule has 0 aliphatic heterocycles.